The zero-order valence-corrected chi connectivity index (χ0v) is 14.1. The van der Waals surface area contributed by atoms with Crippen LogP contribution in [0.15, 0.2) is 35.7 Å². The maximum Gasteiger partial charge on any atom is 0.269 e. The maximum atomic E-state index is 12.0. The summed E-state index contributed by atoms with van der Waals surface area (Å²) in [5.74, 6) is -0.0894. The number of nitro groups is 1. The van der Waals surface area contributed by atoms with Gasteiger partial charge in [-0.1, -0.05) is 11.8 Å². The van der Waals surface area contributed by atoms with Gasteiger partial charge in [-0.25, -0.2) is 0 Å². The van der Waals surface area contributed by atoms with Gasteiger partial charge >= 0.3 is 0 Å². The predicted molar refractivity (Wildman–Crippen MR) is 90.9 cm³/mol. The number of carbonyl (C=O) groups excluding carboxylic acids is 1. The summed E-state index contributed by atoms with van der Waals surface area (Å²) in [6, 6.07) is 6.13. The van der Waals surface area contributed by atoms with Crippen molar-refractivity contribution in [3.05, 3.63) is 40.7 Å². The Morgan fingerprint density at radius 1 is 1.38 bits per heavy atom. The Bertz CT molecular complexity index is 703. The summed E-state index contributed by atoms with van der Waals surface area (Å²) in [6.07, 6.45) is 1.58. The van der Waals surface area contributed by atoms with Gasteiger partial charge in [-0.05, 0) is 19.1 Å². The summed E-state index contributed by atoms with van der Waals surface area (Å²) in [6.45, 7) is 2.77. The van der Waals surface area contributed by atoms with Crippen LogP contribution in [0.5, 0.6) is 0 Å². The van der Waals surface area contributed by atoms with E-state index >= 15 is 0 Å². The molecule has 1 amide bonds. The molecule has 128 valence electrons. The molecule has 0 unspecified atom stereocenters. The second-order valence-electron chi connectivity index (χ2n) is 5.01. The predicted octanol–water partition coefficient (Wildman–Crippen LogP) is 1.43. The maximum absolute atomic E-state index is 12.0. The Morgan fingerprint density at radius 3 is 2.67 bits per heavy atom. The number of amides is 1. The fraction of sp³-hybridized carbons (Fsp3) is 0.357. The molecule has 1 heterocycles. The van der Waals surface area contributed by atoms with Crippen LogP contribution in [0.4, 0.5) is 11.4 Å². The minimum Gasteiger partial charge on any atom is -0.383 e. The van der Waals surface area contributed by atoms with Crippen LogP contribution in [-0.4, -0.2) is 43.9 Å². The number of hydrogen-bond acceptors (Lipinski definition) is 7. The fourth-order valence-corrected chi connectivity index (χ4v) is 2.64. The number of rotatable bonds is 8. The van der Waals surface area contributed by atoms with E-state index in [4.69, 9.17) is 0 Å². The SMILES string of the molecule is C[C@H](Sc1nncn1C)C(=O)NCCNc1ccc([N+](=O)[O-])cc1. The Balaban J connectivity index is 1.70. The first-order valence-corrected chi connectivity index (χ1v) is 8.12. The highest BCUT2D eigenvalue weighted by Gasteiger charge is 2.16. The summed E-state index contributed by atoms with van der Waals surface area (Å²) in [7, 11) is 1.82. The van der Waals surface area contributed by atoms with Crippen LogP contribution in [-0.2, 0) is 11.8 Å². The zero-order valence-electron chi connectivity index (χ0n) is 13.3. The van der Waals surface area contributed by atoms with Crippen molar-refractivity contribution in [3.63, 3.8) is 0 Å². The molecule has 0 bridgehead atoms. The van der Waals surface area contributed by atoms with E-state index in [1.54, 1.807) is 30.0 Å². The van der Waals surface area contributed by atoms with Gasteiger partial charge in [0.2, 0.25) is 5.91 Å². The number of hydrogen-bond donors (Lipinski definition) is 2. The highest BCUT2D eigenvalue weighted by atomic mass is 32.2. The number of anilines is 1. The second-order valence-corrected chi connectivity index (χ2v) is 6.31. The lowest BCUT2D eigenvalue weighted by Gasteiger charge is -2.12. The van der Waals surface area contributed by atoms with Gasteiger partial charge in [0.15, 0.2) is 5.16 Å². The number of nitrogens with zero attached hydrogens (tertiary/aromatic N) is 4. The average Bonchev–Trinajstić information content (AvgIpc) is 2.96. The first-order valence-electron chi connectivity index (χ1n) is 7.24. The Morgan fingerprint density at radius 2 is 2.08 bits per heavy atom. The van der Waals surface area contributed by atoms with Crippen molar-refractivity contribution >= 4 is 29.0 Å². The molecule has 1 atom stereocenters. The van der Waals surface area contributed by atoms with Gasteiger partial charge in [0.05, 0.1) is 10.2 Å². The molecule has 10 heteroatoms. The Labute approximate surface area is 143 Å². The summed E-state index contributed by atoms with van der Waals surface area (Å²) in [5, 5.41) is 24.6. The molecule has 0 spiro atoms. The average molecular weight is 350 g/mol. The first kappa shape index (κ1) is 17.7. The lowest BCUT2D eigenvalue weighted by Crippen LogP contribution is -2.34. The molecule has 0 saturated heterocycles. The second kappa shape index (κ2) is 8.29. The van der Waals surface area contributed by atoms with Gasteiger partial charge in [-0.15, -0.1) is 10.2 Å². The van der Waals surface area contributed by atoms with Gasteiger partial charge < -0.3 is 15.2 Å². The minimum absolute atomic E-state index is 0.0449. The van der Waals surface area contributed by atoms with Crippen molar-refractivity contribution in [2.24, 2.45) is 7.05 Å². The summed E-state index contributed by atoms with van der Waals surface area (Å²) in [4.78, 5) is 22.1. The molecule has 0 aliphatic heterocycles. The molecule has 0 aliphatic rings. The number of aryl methyl sites for hydroxylation is 1. The van der Waals surface area contributed by atoms with Crippen molar-refractivity contribution in [1.82, 2.24) is 20.1 Å². The van der Waals surface area contributed by atoms with Crippen LogP contribution in [0.3, 0.4) is 0 Å². The lowest BCUT2D eigenvalue weighted by atomic mass is 10.3. The van der Waals surface area contributed by atoms with E-state index in [0.29, 0.717) is 18.2 Å². The van der Waals surface area contributed by atoms with Crippen LogP contribution in [0.1, 0.15) is 6.92 Å². The number of nitro benzene ring substituents is 1. The molecule has 0 radical (unpaired) electrons. The lowest BCUT2D eigenvalue weighted by molar-refractivity contribution is -0.384. The van der Waals surface area contributed by atoms with Gasteiger partial charge in [0.1, 0.15) is 6.33 Å². The number of carbonyl (C=O) groups is 1. The topological polar surface area (TPSA) is 115 Å². The fourth-order valence-electron chi connectivity index (χ4n) is 1.83. The Kier molecular flexibility index (Phi) is 6.13. The number of non-ortho nitro benzene ring substituents is 1. The molecule has 9 nitrogen and oxygen atoms in total. The number of thioether (sulfide) groups is 1. The number of nitrogens with one attached hydrogen (secondary N) is 2. The van der Waals surface area contributed by atoms with Crippen molar-refractivity contribution < 1.29 is 9.72 Å². The molecule has 0 fully saturated rings. The summed E-state index contributed by atoms with van der Waals surface area (Å²) < 4.78 is 1.75. The first-order chi connectivity index (χ1) is 11.5. The standard InChI is InChI=1S/C14H18N6O3S/c1-10(24-14-18-17-9-19(14)2)13(21)16-8-7-15-11-3-5-12(6-4-11)20(22)23/h3-6,9-10,15H,7-8H2,1-2H3,(H,16,21)/t10-/m0/s1. The summed E-state index contributed by atoms with van der Waals surface area (Å²) >= 11 is 1.34. The van der Waals surface area contributed by atoms with Crippen LogP contribution < -0.4 is 10.6 Å². The van der Waals surface area contributed by atoms with Crippen LogP contribution in [0.25, 0.3) is 0 Å². The minimum atomic E-state index is -0.444. The van der Waals surface area contributed by atoms with E-state index in [2.05, 4.69) is 20.8 Å². The van der Waals surface area contributed by atoms with E-state index in [9.17, 15) is 14.9 Å². The van der Waals surface area contributed by atoms with Gasteiger partial charge in [-0.3, -0.25) is 14.9 Å². The normalized spacial score (nSPS) is 11.8. The molecule has 1 aromatic carbocycles. The third-order valence-electron chi connectivity index (χ3n) is 3.15. The Hall–Kier alpha value is -2.62. The smallest absolute Gasteiger partial charge is 0.269 e. The van der Waals surface area contributed by atoms with Crippen molar-refractivity contribution in [1.29, 1.82) is 0 Å². The van der Waals surface area contributed by atoms with Gasteiger partial charge in [0.25, 0.3) is 5.69 Å². The van der Waals surface area contributed by atoms with Crippen LogP contribution in [0.2, 0.25) is 0 Å². The number of benzene rings is 1. The van der Waals surface area contributed by atoms with Crippen molar-refractivity contribution in [2.75, 3.05) is 18.4 Å². The zero-order chi connectivity index (χ0) is 17.5. The molecular weight excluding hydrogens is 332 g/mol. The monoisotopic (exact) mass is 350 g/mol. The largest absolute Gasteiger partial charge is 0.383 e. The quantitative estimate of drug-likeness (QED) is 0.320. The molecule has 2 N–H and O–H groups in total. The van der Waals surface area contributed by atoms with E-state index in [0.717, 1.165) is 5.69 Å². The highest BCUT2D eigenvalue weighted by Crippen LogP contribution is 2.19. The molecule has 1 aromatic heterocycles. The van der Waals surface area contributed by atoms with E-state index < -0.39 is 4.92 Å². The summed E-state index contributed by atoms with van der Waals surface area (Å²) in [5.41, 5.74) is 0.805. The van der Waals surface area contributed by atoms with Crippen LogP contribution in [0, 0.1) is 10.1 Å². The third-order valence-corrected chi connectivity index (χ3v) is 4.30. The van der Waals surface area contributed by atoms with Gasteiger partial charge in [0, 0.05) is 38.0 Å². The van der Waals surface area contributed by atoms with E-state index in [1.807, 2.05) is 7.05 Å². The molecule has 0 aliphatic carbocycles. The number of aromatic nitrogens is 3. The molecule has 2 aromatic rings. The molecule has 2 rings (SSSR count). The van der Waals surface area contributed by atoms with E-state index in [-0.39, 0.29) is 16.8 Å². The van der Waals surface area contributed by atoms with Gasteiger partial charge in [-0.2, -0.15) is 0 Å². The van der Waals surface area contributed by atoms with Crippen molar-refractivity contribution in [2.45, 2.75) is 17.3 Å². The third kappa shape index (κ3) is 4.95. The van der Waals surface area contributed by atoms with Crippen molar-refractivity contribution in [3.8, 4) is 0 Å². The highest BCUT2D eigenvalue weighted by molar-refractivity contribution is 8.00. The molecular formula is C14H18N6O3S. The van der Waals surface area contributed by atoms with E-state index in [1.165, 1.54) is 23.9 Å². The molecule has 0 saturated carbocycles. The van der Waals surface area contributed by atoms with Crippen LogP contribution >= 0.6 is 11.8 Å². The molecule has 24 heavy (non-hydrogen) atoms.